The number of hydrogen-bond acceptors (Lipinski definition) is 1. The van der Waals surface area contributed by atoms with E-state index in [1.165, 1.54) is 0 Å². The van der Waals surface area contributed by atoms with E-state index in [9.17, 15) is 0 Å². The smallest absolute Gasteiger partial charge is 0.186 e. The molecule has 0 saturated heterocycles. The Bertz CT molecular complexity index is 512. The van der Waals surface area contributed by atoms with E-state index in [2.05, 4.69) is 22.9 Å². The number of aromatic nitrogens is 2. The van der Waals surface area contributed by atoms with E-state index in [1.807, 2.05) is 36.7 Å². The molecule has 0 spiro atoms. The van der Waals surface area contributed by atoms with Gasteiger partial charge in [0.15, 0.2) is 5.82 Å². The number of rotatable bonds is 0. The average molecular weight is 184 g/mol. The summed E-state index contributed by atoms with van der Waals surface area (Å²) in [6.07, 6.45) is 0.864. The summed E-state index contributed by atoms with van der Waals surface area (Å²) in [5, 5.41) is 0. The summed E-state index contributed by atoms with van der Waals surface area (Å²) < 4.78 is 2.03. The van der Waals surface area contributed by atoms with Crippen LogP contribution in [0, 0.1) is 11.8 Å². The third kappa shape index (κ3) is 1.38. The van der Waals surface area contributed by atoms with Gasteiger partial charge in [-0.1, -0.05) is 25.0 Å². The van der Waals surface area contributed by atoms with Gasteiger partial charge in [-0.25, -0.2) is 4.98 Å². The van der Waals surface area contributed by atoms with Crippen LogP contribution in [0.2, 0.25) is 0 Å². The van der Waals surface area contributed by atoms with Gasteiger partial charge in [0.2, 0.25) is 0 Å². The highest BCUT2D eigenvalue weighted by Gasteiger charge is 2.02. The highest BCUT2D eigenvalue weighted by molar-refractivity contribution is 5.76. The molecule has 2 rings (SSSR count). The normalized spacial score (nSPS) is 9.86. The molecular weight excluding hydrogens is 172 g/mol. The zero-order valence-corrected chi connectivity index (χ0v) is 8.41. The van der Waals surface area contributed by atoms with Crippen LogP contribution in [0.4, 0.5) is 0 Å². The quantitative estimate of drug-likeness (QED) is 0.574. The molecule has 1 aromatic heterocycles. The molecule has 0 atom stereocenters. The van der Waals surface area contributed by atoms with Crippen molar-refractivity contribution in [1.29, 1.82) is 0 Å². The fraction of sp³-hybridized carbons (Fsp3) is 0.250. The second-order valence-corrected chi connectivity index (χ2v) is 3.14. The fourth-order valence-electron chi connectivity index (χ4n) is 1.42. The van der Waals surface area contributed by atoms with E-state index in [-0.39, 0.29) is 0 Å². The van der Waals surface area contributed by atoms with Crippen molar-refractivity contribution in [3.05, 3.63) is 30.1 Å². The Morgan fingerprint density at radius 3 is 2.86 bits per heavy atom. The van der Waals surface area contributed by atoms with Crippen molar-refractivity contribution in [3.8, 4) is 11.8 Å². The van der Waals surface area contributed by atoms with Crippen molar-refractivity contribution in [2.75, 3.05) is 0 Å². The third-order valence-corrected chi connectivity index (χ3v) is 2.16. The summed E-state index contributed by atoms with van der Waals surface area (Å²) in [7, 11) is 2.00. The second-order valence-electron chi connectivity index (χ2n) is 3.14. The molecule has 70 valence electrons. The van der Waals surface area contributed by atoms with E-state index < -0.39 is 0 Å². The van der Waals surface area contributed by atoms with Crippen molar-refractivity contribution in [2.45, 2.75) is 13.3 Å². The Hall–Kier alpha value is -1.75. The highest BCUT2D eigenvalue weighted by Crippen LogP contribution is 2.13. The van der Waals surface area contributed by atoms with Crippen molar-refractivity contribution < 1.29 is 0 Å². The molecule has 1 heterocycles. The zero-order chi connectivity index (χ0) is 9.97. The molecule has 2 aromatic rings. The van der Waals surface area contributed by atoms with Gasteiger partial charge in [0.1, 0.15) is 0 Å². The van der Waals surface area contributed by atoms with E-state index in [1.54, 1.807) is 0 Å². The first-order valence-electron chi connectivity index (χ1n) is 4.73. The molecule has 0 unspecified atom stereocenters. The number of benzene rings is 1. The molecule has 0 amide bonds. The lowest BCUT2D eigenvalue weighted by molar-refractivity contribution is 0.925. The molecule has 1 aromatic carbocycles. The summed E-state index contributed by atoms with van der Waals surface area (Å²) in [5.74, 6) is 6.93. The van der Waals surface area contributed by atoms with Gasteiger partial charge in [-0.05, 0) is 18.1 Å². The predicted octanol–water partition coefficient (Wildman–Crippen LogP) is 2.33. The number of hydrogen-bond donors (Lipinski definition) is 0. The minimum Gasteiger partial charge on any atom is -0.320 e. The lowest BCUT2D eigenvalue weighted by atomic mass is 10.3. The molecule has 2 nitrogen and oxygen atoms in total. The first kappa shape index (κ1) is 8.83. The molecule has 0 fully saturated rings. The Balaban J connectivity index is 2.62. The van der Waals surface area contributed by atoms with Crippen LogP contribution in [0.25, 0.3) is 11.0 Å². The van der Waals surface area contributed by atoms with Crippen LogP contribution < -0.4 is 0 Å². The van der Waals surface area contributed by atoms with E-state index in [0.717, 1.165) is 23.3 Å². The molecule has 0 bridgehead atoms. The largest absolute Gasteiger partial charge is 0.320 e. The standard InChI is InChI=1S/C12H12N2/c1-3-4-9-12-13-10-7-5-6-8-11(10)14(12)2/h5-8H,3H2,1-2H3. The molecule has 14 heavy (non-hydrogen) atoms. The maximum Gasteiger partial charge on any atom is 0.186 e. The van der Waals surface area contributed by atoms with E-state index in [0.29, 0.717) is 0 Å². The van der Waals surface area contributed by atoms with Crippen LogP contribution >= 0.6 is 0 Å². The minimum absolute atomic E-state index is 0.841. The number of para-hydroxylation sites is 2. The van der Waals surface area contributed by atoms with Crippen LogP contribution in [-0.2, 0) is 7.05 Å². The third-order valence-electron chi connectivity index (χ3n) is 2.16. The van der Waals surface area contributed by atoms with Crippen LogP contribution in [0.1, 0.15) is 19.2 Å². The highest BCUT2D eigenvalue weighted by atomic mass is 15.0. The molecule has 0 radical (unpaired) electrons. The van der Waals surface area contributed by atoms with Gasteiger partial charge < -0.3 is 4.57 Å². The topological polar surface area (TPSA) is 17.8 Å². The summed E-state index contributed by atoms with van der Waals surface area (Å²) >= 11 is 0. The number of fused-ring (bicyclic) bond motifs is 1. The lowest BCUT2D eigenvalue weighted by Gasteiger charge is -1.93. The van der Waals surface area contributed by atoms with Gasteiger partial charge >= 0.3 is 0 Å². The predicted molar refractivity (Wildman–Crippen MR) is 57.9 cm³/mol. The maximum atomic E-state index is 4.44. The zero-order valence-electron chi connectivity index (χ0n) is 8.41. The van der Waals surface area contributed by atoms with Crippen molar-refractivity contribution in [3.63, 3.8) is 0 Å². The van der Waals surface area contributed by atoms with Crippen LogP contribution in [0.5, 0.6) is 0 Å². The van der Waals surface area contributed by atoms with Crippen LogP contribution in [0.15, 0.2) is 24.3 Å². The van der Waals surface area contributed by atoms with Crippen LogP contribution in [-0.4, -0.2) is 9.55 Å². The monoisotopic (exact) mass is 184 g/mol. The van der Waals surface area contributed by atoms with Gasteiger partial charge in [-0.3, -0.25) is 0 Å². The number of nitrogens with zero attached hydrogens (tertiary/aromatic N) is 2. The molecule has 0 aliphatic rings. The Kier molecular flexibility index (Phi) is 2.24. The second kappa shape index (κ2) is 3.55. The first-order chi connectivity index (χ1) is 6.83. The average Bonchev–Trinajstić information content (AvgIpc) is 2.54. The van der Waals surface area contributed by atoms with Gasteiger partial charge in [0, 0.05) is 13.5 Å². The number of imidazole rings is 1. The molecule has 0 saturated carbocycles. The van der Waals surface area contributed by atoms with E-state index >= 15 is 0 Å². The molecule has 0 aliphatic heterocycles. The summed E-state index contributed by atoms with van der Waals surface area (Å²) in [6, 6.07) is 8.07. The lowest BCUT2D eigenvalue weighted by Crippen LogP contribution is -1.91. The minimum atomic E-state index is 0.841. The molecular formula is C12H12N2. The van der Waals surface area contributed by atoms with Gasteiger partial charge in [-0.2, -0.15) is 0 Å². The SMILES string of the molecule is CCC#Cc1nc2ccccc2n1C. The van der Waals surface area contributed by atoms with Crippen molar-refractivity contribution in [1.82, 2.24) is 9.55 Å². The van der Waals surface area contributed by atoms with E-state index in [4.69, 9.17) is 0 Å². The Labute approximate surface area is 83.6 Å². The van der Waals surface area contributed by atoms with Gasteiger partial charge in [-0.15, -0.1) is 0 Å². The van der Waals surface area contributed by atoms with Crippen molar-refractivity contribution >= 4 is 11.0 Å². The Morgan fingerprint density at radius 1 is 1.36 bits per heavy atom. The van der Waals surface area contributed by atoms with Gasteiger partial charge in [0.05, 0.1) is 11.0 Å². The molecule has 2 heteroatoms. The molecule has 0 N–H and O–H groups in total. The fourth-order valence-corrected chi connectivity index (χ4v) is 1.42. The number of aryl methyl sites for hydroxylation is 1. The summed E-state index contributed by atoms with van der Waals surface area (Å²) in [5.41, 5.74) is 2.14. The Morgan fingerprint density at radius 2 is 2.14 bits per heavy atom. The van der Waals surface area contributed by atoms with Gasteiger partial charge in [0.25, 0.3) is 0 Å². The maximum absolute atomic E-state index is 4.44. The van der Waals surface area contributed by atoms with Crippen LogP contribution in [0.3, 0.4) is 0 Å². The summed E-state index contributed by atoms with van der Waals surface area (Å²) in [4.78, 5) is 4.44. The summed E-state index contributed by atoms with van der Waals surface area (Å²) in [6.45, 7) is 2.04. The van der Waals surface area contributed by atoms with Crippen molar-refractivity contribution in [2.24, 2.45) is 7.05 Å². The molecule has 0 aliphatic carbocycles. The first-order valence-corrected chi connectivity index (χ1v) is 4.73.